The summed E-state index contributed by atoms with van der Waals surface area (Å²) in [6.45, 7) is 19.0. The van der Waals surface area contributed by atoms with Crippen LogP contribution in [0.1, 0.15) is 47.4 Å². The number of rotatable bonds is 6. The van der Waals surface area contributed by atoms with Crippen LogP contribution < -0.4 is 5.32 Å². The van der Waals surface area contributed by atoms with Crippen molar-refractivity contribution in [1.82, 2.24) is 14.9 Å². The van der Waals surface area contributed by atoms with Crippen molar-refractivity contribution in [2.24, 2.45) is 0 Å². The van der Waals surface area contributed by atoms with Gasteiger partial charge in [0, 0.05) is 17.1 Å². The Kier molecular flexibility index (Phi) is 7.65. The first-order valence-electron chi connectivity index (χ1n) is 10.5. The molecule has 0 aliphatic rings. The highest BCUT2D eigenvalue weighted by atomic mass is 79.9. The molecule has 2 aromatic rings. The lowest BCUT2D eigenvalue weighted by Gasteiger charge is -2.39. The largest absolute Gasteiger partial charge is 0.444 e. The normalized spacial score (nSPS) is 14.0. The lowest BCUT2D eigenvalue weighted by Crippen LogP contribution is -2.48. The fraction of sp³-hybridized carbons (Fsp3) is 0.636. The number of ether oxygens (including phenoxy) is 1. The van der Waals surface area contributed by atoms with E-state index >= 15 is 0 Å². The second-order valence-electron chi connectivity index (χ2n) is 10.4. The number of fused-ring (bicyclic) bond motifs is 1. The van der Waals surface area contributed by atoms with E-state index in [1.54, 1.807) is 0 Å². The third-order valence-electron chi connectivity index (χ3n) is 5.48. The molecule has 0 saturated carbocycles. The molecule has 1 heterocycles. The van der Waals surface area contributed by atoms with Gasteiger partial charge in [-0.3, -0.25) is 0 Å². The van der Waals surface area contributed by atoms with Crippen LogP contribution in [0.25, 0.3) is 11.0 Å². The minimum absolute atomic E-state index is 0.00688. The number of carbonyl (C=O) groups is 1. The molecule has 1 aromatic carbocycles. The van der Waals surface area contributed by atoms with Gasteiger partial charge in [0.25, 0.3) is 0 Å². The van der Waals surface area contributed by atoms with Crippen molar-refractivity contribution in [2.75, 3.05) is 6.54 Å². The maximum absolute atomic E-state index is 13.8. The smallest absolute Gasteiger partial charge is 0.407 e. The topological polar surface area (TPSA) is 65.4 Å². The average molecular weight is 517 g/mol. The molecule has 0 spiro atoms. The van der Waals surface area contributed by atoms with Gasteiger partial charge in [0.05, 0.1) is 23.7 Å². The monoisotopic (exact) mass is 515 g/mol. The summed E-state index contributed by atoms with van der Waals surface area (Å²) in [6, 6.07) is 2.86. The predicted molar refractivity (Wildman–Crippen MR) is 128 cm³/mol. The number of imidazole rings is 1. The summed E-state index contributed by atoms with van der Waals surface area (Å²) in [7, 11) is -2.13. The number of halogens is 2. The van der Waals surface area contributed by atoms with Gasteiger partial charge >= 0.3 is 6.09 Å². The number of benzene rings is 1. The lowest BCUT2D eigenvalue weighted by molar-refractivity contribution is 0.0490. The third kappa shape index (κ3) is 6.76. The molecule has 2 rings (SSSR count). The van der Waals surface area contributed by atoms with Gasteiger partial charge in [-0.1, -0.05) is 20.8 Å². The number of aryl methyl sites for hydroxylation is 1. The first-order chi connectivity index (χ1) is 14.0. The summed E-state index contributed by atoms with van der Waals surface area (Å²) in [4.78, 5) is 16.8. The van der Waals surface area contributed by atoms with Crippen LogP contribution in [-0.2, 0) is 15.7 Å². The molecule has 1 N–H and O–H groups in total. The molecule has 0 saturated heterocycles. The van der Waals surface area contributed by atoms with E-state index < -0.39 is 20.0 Å². The van der Waals surface area contributed by atoms with Crippen molar-refractivity contribution < 1.29 is 18.3 Å². The van der Waals surface area contributed by atoms with E-state index in [0.29, 0.717) is 23.1 Å². The molecule has 9 heteroatoms. The Morgan fingerprint density at radius 1 is 1.26 bits per heavy atom. The van der Waals surface area contributed by atoms with Crippen LogP contribution in [0.2, 0.25) is 18.1 Å². The summed E-state index contributed by atoms with van der Waals surface area (Å²) in [5, 5.41) is 2.85. The number of amides is 1. The van der Waals surface area contributed by atoms with Gasteiger partial charge in [-0.2, -0.15) is 0 Å². The lowest BCUT2D eigenvalue weighted by atomic mass is 10.2. The Hall–Kier alpha value is -1.45. The maximum Gasteiger partial charge on any atom is 0.407 e. The summed E-state index contributed by atoms with van der Waals surface area (Å²) in [6.07, 6.45) is -0.784. The van der Waals surface area contributed by atoms with E-state index in [0.717, 1.165) is 11.3 Å². The van der Waals surface area contributed by atoms with Gasteiger partial charge in [0.2, 0.25) is 0 Å². The van der Waals surface area contributed by atoms with Crippen LogP contribution in [0.3, 0.4) is 0 Å². The molecule has 0 aliphatic heterocycles. The first-order valence-corrected chi connectivity index (χ1v) is 14.2. The molecule has 0 fully saturated rings. The van der Waals surface area contributed by atoms with Gasteiger partial charge in [-0.05, 0) is 67.8 Å². The SMILES string of the molecule is Cc1nc2cc(F)cc(Br)c2n1CC(CNC(=O)OC(C)(C)C)O[Si](C)(C)C(C)(C)C. The molecule has 1 atom stereocenters. The van der Waals surface area contributed by atoms with Crippen molar-refractivity contribution in [3.8, 4) is 0 Å². The van der Waals surface area contributed by atoms with Gasteiger partial charge in [-0.15, -0.1) is 0 Å². The molecule has 6 nitrogen and oxygen atoms in total. The fourth-order valence-electron chi connectivity index (χ4n) is 2.98. The Balaban J connectivity index is 2.34. The zero-order valence-electron chi connectivity index (χ0n) is 20.0. The zero-order valence-corrected chi connectivity index (χ0v) is 22.6. The van der Waals surface area contributed by atoms with Crippen molar-refractivity contribution >= 4 is 41.4 Å². The Morgan fingerprint density at radius 3 is 2.42 bits per heavy atom. The summed E-state index contributed by atoms with van der Waals surface area (Å²) in [5.74, 6) is 0.409. The molecule has 174 valence electrons. The van der Waals surface area contributed by atoms with Crippen LogP contribution >= 0.6 is 15.9 Å². The second kappa shape index (κ2) is 9.19. The number of nitrogens with one attached hydrogen (secondary N) is 1. The summed E-state index contributed by atoms with van der Waals surface area (Å²) >= 11 is 3.47. The summed E-state index contributed by atoms with van der Waals surface area (Å²) < 4.78 is 28.5. The minimum atomic E-state index is -2.13. The first kappa shape index (κ1) is 25.8. The molecule has 1 aromatic heterocycles. The van der Waals surface area contributed by atoms with Crippen molar-refractivity contribution in [1.29, 1.82) is 0 Å². The number of alkyl carbamates (subject to hydrolysis) is 1. The second-order valence-corrected chi connectivity index (χ2v) is 16.0. The Bertz CT molecular complexity index is 948. The molecule has 1 unspecified atom stereocenters. The maximum atomic E-state index is 13.8. The number of carbonyl (C=O) groups excluding carboxylic acids is 1. The molecule has 0 radical (unpaired) electrons. The Labute approximate surface area is 194 Å². The average Bonchev–Trinajstić information content (AvgIpc) is 2.85. The van der Waals surface area contributed by atoms with Crippen molar-refractivity contribution in [2.45, 2.75) is 84.8 Å². The van der Waals surface area contributed by atoms with E-state index in [4.69, 9.17) is 9.16 Å². The Morgan fingerprint density at radius 2 is 1.87 bits per heavy atom. The van der Waals surface area contributed by atoms with E-state index in [1.165, 1.54) is 12.1 Å². The van der Waals surface area contributed by atoms with Crippen LogP contribution in [0, 0.1) is 12.7 Å². The van der Waals surface area contributed by atoms with Crippen molar-refractivity contribution in [3.05, 3.63) is 28.2 Å². The molecule has 0 bridgehead atoms. The van der Waals surface area contributed by atoms with Gasteiger partial charge in [0.1, 0.15) is 17.2 Å². The van der Waals surface area contributed by atoms with Gasteiger partial charge in [0.15, 0.2) is 8.32 Å². The van der Waals surface area contributed by atoms with E-state index in [1.807, 2.05) is 32.3 Å². The number of hydrogen-bond acceptors (Lipinski definition) is 4. The highest BCUT2D eigenvalue weighted by Gasteiger charge is 2.39. The highest BCUT2D eigenvalue weighted by molar-refractivity contribution is 9.10. The molecular weight excluding hydrogens is 481 g/mol. The van der Waals surface area contributed by atoms with Crippen LogP contribution in [0.5, 0.6) is 0 Å². The molecule has 0 aliphatic carbocycles. The van der Waals surface area contributed by atoms with E-state index in [2.05, 4.69) is 60.1 Å². The predicted octanol–water partition coefficient (Wildman–Crippen LogP) is 6.16. The van der Waals surface area contributed by atoms with E-state index in [-0.39, 0.29) is 17.0 Å². The highest BCUT2D eigenvalue weighted by Crippen LogP contribution is 2.37. The summed E-state index contributed by atoms with van der Waals surface area (Å²) in [5.41, 5.74) is 0.807. The van der Waals surface area contributed by atoms with Gasteiger partial charge in [-0.25, -0.2) is 14.2 Å². The van der Waals surface area contributed by atoms with E-state index in [9.17, 15) is 9.18 Å². The number of hydrogen-bond donors (Lipinski definition) is 1. The third-order valence-corrected chi connectivity index (χ3v) is 10.6. The molecule has 1 amide bonds. The standard InChI is InChI=1S/C22H35BrFN3O3Si/c1-14-26-18-11-15(24)10-17(23)19(18)27(14)13-16(30-31(8,9)22(5,6)7)12-25-20(28)29-21(2,3)4/h10-11,16H,12-13H2,1-9H3,(H,25,28). The minimum Gasteiger partial charge on any atom is -0.444 e. The number of aromatic nitrogens is 2. The molecule has 31 heavy (non-hydrogen) atoms. The quantitative estimate of drug-likeness (QED) is 0.467. The zero-order chi connectivity index (χ0) is 23.8. The fourth-order valence-corrected chi connectivity index (χ4v) is 4.96. The van der Waals surface area contributed by atoms with Crippen LogP contribution in [-0.4, -0.2) is 42.2 Å². The van der Waals surface area contributed by atoms with Crippen LogP contribution in [0.15, 0.2) is 16.6 Å². The van der Waals surface area contributed by atoms with Gasteiger partial charge < -0.3 is 19.0 Å². The van der Waals surface area contributed by atoms with Crippen molar-refractivity contribution in [3.63, 3.8) is 0 Å². The molecular formula is C22H35BrFN3O3Si. The van der Waals surface area contributed by atoms with Crippen LogP contribution in [0.4, 0.5) is 9.18 Å². The number of nitrogens with zero attached hydrogens (tertiary/aromatic N) is 2.